The first kappa shape index (κ1) is 17.9. The lowest BCUT2D eigenvalue weighted by atomic mass is 10.2. The van der Waals surface area contributed by atoms with E-state index in [1.54, 1.807) is 18.3 Å². The van der Waals surface area contributed by atoms with Crippen LogP contribution in [0.4, 0.5) is 0 Å². The number of hydrogen-bond donors (Lipinski definition) is 0. The van der Waals surface area contributed by atoms with Crippen LogP contribution in [0.1, 0.15) is 12.0 Å². The van der Waals surface area contributed by atoms with Gasteiger partial charge in [0.25, 0.3) is 0 Å². The molecule has 9 heteroatoms. The third-order valence-corrected chi connectivity index (χ3v) is 7.04. The zero-order chi connectivity index (χ0) is 18.0. The summed E-state index contributed by atoms with van der Waals surface area (Å²) in [6.07, 6.45) is 2.14. The average molecular weight is 380 g/mol. The zero-order valence-electron chi connectivity index (χ0n) is 14.1. The molecule has 0 bridgehead atoms. The number of aromatic nitrogens is 3. The Labute approximate surface area is 151 Å². The highest BCUT2D eigenvalue weighted by Crippen LogP contribution is 2.23. The summed E-state index contributed by atoms with van der Waals surface area (Å²) < 4.78 is 25.0. The van der Waals surface area contributed by atoms with E-state index in [9.17, 15) is 13.2 Å². The van der Waals surface area contributed by atoms with E-state index in [2.05, 4.69) is 10.2 Å². The van der Waals surface area contributed by atoms with Crippen molar-refractivity contribution in [2.24, 2.45) is 0 Å². The molecule has 1 amide bonds. The number of para-hydroxylation sites is 1. The van der Waals surface area contributed by atoms with E-state index < -0.39 is 9.84 Å². The number of thioether (sulfide) groups is 1. The monoisotopic (exact) mass is 380 g/mol. The minimum Gasteiger partial charge on any atom is -0.341 e. The Morgan fingerprint density at radius 2 is 2.16 bits per heavy atom. The van der Waals surface area contributed by atoms with E-state index in [1.165, 1.54) is 11.8 Å². The topological polar surface area (TPSA) is 85.2 Å². The Hall–Kier alpha value is -1.87. The fourth-order valence-electron chi connectivity index (χ4n) is 2.83. The number of benzene rings is 1. The SMILES string of the molecule is Cc1ccccc1-n1cnnc1SCC(=O)N(C)[C@H]1CCS(=O)(=O)C1. The van der Waals surface area contributed by atoms with E-state index >= 15 is 0 Å². The van der Waals surface area contributed by atoms with Gasteiger partial charge in [-0.1, -0.05) is 30.0 Å². The van der Waals surface area contributed by atoms with E-state index in [1.807, 2.05) is 35.8 Å². The van der Waals surface area contributed by atoms with Crippen LogP contribution in [0.5, 0.6) is 0 Å². The number of carbonyl (C=O) groups is 1. The minimum absolute atomic E-state index is 0.0549. The Bertz CT molecular complexity index is 879. The van der Waals surface area contributed by atoms with Crippen molar-refractivity contribution in [3.63, 3.8) is 0 Å². The minimum atomic E-state index is -3.01. The lowest BCUT2D eigenvalue weighted by molar-refractivity contribution is -0.128. The molecule has 1 fully saturated rings. The van der Waals surface area contributed by atoms with Gasteiger partial charge in [-0.05, 0) is 25.0 Å². The first-order valence-corrected chi connectivity index (χ1v) is 10.7. The van der Waals surface area contributed by atoms with Gasteiger partial charge < -0.3 is 4.90 Å². The normalized spacial score (nSPS) is 19.0. The van der Waals surface area contributed by atoms with Crippen molar-refractivity contribution in [2.75, 3.05) is 24.3 Å². The van der Waals surface area contributed by atoms with Gasteiger partial charge in [-0.2, -0.15) is 0 Å². The van der Waals surface area contributed by atoms with Crippen molar-refractivity contribution >= 4 is 27.5 Å². The molecule has 1 aliphatic rings. The molecule has 2 heterocycles. The third-order valence-electron chi connectivity index (χ3n) is 4.37. The fraction of sp³-hybridized carbons (Fsp3) is 0.438. The zero-order valence-corrected chi connectivity index (χ0v) is 15.8. The molecular formula is C16H20N4O3S2. The summed E-state index contributed by atoms with van der Waals surface area (Å²) in [7, 11) is -1.34. The summed E-state index contributed by atoms with van der Waals surface area (Å²) in [6, 6.07) is 7.65. The molecule has 1 aromatic carbocycles. The van der Waals surface area contributed by atoms with Gasteiger partial charge in [0.2, 0.25) is 5.91 Å². The molecule has 0 unspecified atom stereocenters. The molecule has 25 heavy (non-hydrogen) atoms. The van der Waals surface area contributed by atoms with Crippen molar-refractivity contribution in [1.82, 2.24) is 19.7 Å². The highest BCUT2D eigenvalue weighted by Gasteiger charge is 2.32. The lowest BCUT2D eigenvalue weighted by Gasteiger charge is -2.23. The van der Waals surface area contributed by atoms with Gasteiger partial charge in [0.1, 0.15) is 6.33 Å². The smallest absolute Gasteiger partial charge is 0.233 e. The Kier molecular flexibility index (Phi) is 5.14. The Morgan fingerprint density at radius 3 is 2.84 bits per heavy atom. The molecule has 1 aliphatic heterocycles. The van der Waals surface area contributed by atoms with Gasteiger partial charge in [0.05, 0.1) is 22.9 Å². The second-order valence-corrected chi connectivity index (χ2v) is 9.29. The highest BCUT2D eigenvalue weighted by atomic mass is 32.2. The standard InChI is InChI=1S/C16H20N4O3S2/c1-12-5-3-4-6-14(12)20-11-17-18-16(20)24-9-15(21)19(2)13-7-8-25(22,23)10-13/h3-6,11,13H,7-10H2,1-2H3/t13-/m0/s1. The number of rotatable bonds is 5. The van der Waals surface area contributed by atoms with Crippen LogP contribution in [0.2, 0.25) is 0 Å². The van der Waals surface area contributed by atoms with E-state index in [4.69, 9.17) is 0 Å². The number of sulfone groups is 1. The Balaban J connectivity index is 1.66. The van der Waals surface area contributed by atoms with Crippen molar-refractivity contribution in [3.05, 3.63) is 36.2 Å². The molecule has 1 saturated heterocycles. The lowest BCUT2D eigenvalue weighted by Crippen LogP contribution is -2.38. The van der Waals surface area contributed by atoms with Crippen LogP contribution in [-0.4, -0.2) is 64.3 Å². The summed E-state index contributed by atoms with van der Waals surface area (Å²) in [5.41, 5.74) is 2.06. The van der Waals surface area contributed by atoms with Gasteiger partial charge in [-0.25, -0.2) is 8.42 Å². The predicted octanol–water partition coefficient (Wildman–Crippen LogP) is 1.31. The fourth-order valence-corrected chi connectivity index (χ4v) is 5.45. The molecule has 7 nitrogen and oxygen atoms in total. The molecule has 0 N–H and O–H groups in total. The first-order chi connectivity index (χ1) is 11.9. The molecule has 1 atom stereocenters. The highest BCUT2D eigenvalue weighted by molar-refractivity contribution is 7.99. The molecule has 0 radical (unpaired) electrons. The van der Waals surface area contributed by atoms with Crippen LogP contribution >= 0.6 is 11.8 Å². The molecule has 1 aromatic heterocycles. The van der Waals surface area contributed by atoms with Gasteiger partial charge in [-0.3, -0.25) is 9.36 Å². The molecule has 0 spiro atoms. The second kappa shape index (κ2) is 7.17. The summed E-state index contributed by atoms with van der Waals surface area (Å²) in [6.45, 7) is 2.00. The molecule has 3 rings (SSSR count). The van der Waals surface area contributed by atoms with Crippen LogP contribution in [0.15, 0.2) is 35.7 Å². The van der Waals surface area contributed by atoms with Crippen LogP contribution in [-0.2, 0) is 14.6 Å². The van der Waals surface area contributed by atoms with Crippen molar-refractivity contribution in [1.29, 1.82) is 0 Å². The second-order valence-electron chi connectivity index (χ2n) is 6.12. The maximum absolute atomic E-state index is 12.4. The summed E-state index contributed by atoms with van der Waals surface area (Å²) >= 11 is 1.30. The van der Waals surface area contributed by atoms with Gasteiger partial charge >= 0.3 is 0 Å². The number of hydrogen-bond acceptors (Lipinski definition) is 6. The predicted molar refractivity (Wildman–Crippen MR) is 96.6 cm³/mol. The molecule has 0 saturated carbocycles. The quantitative estimate of drug-likeness (QED) is 0.727. The van der Waals surface area contributed by atoms with Gasteiger partial charge in [0, 0.05) is 13.1 Å². The molecule has 2 aromatic rings. The van der Waals surface area contributed by atoms with Gasteiger partial charge in [-0.15, -0.1) is 10.2 Å². The average Bonchev–Trinajstić information content (AvgIpc) is 3.18. The largest absolute Gasteiger partial charge is 0.341 e. The van der Waals surface area contributed by atoms with Gasteiger partial charge in [0.15, 0.2) is 15.0 Å². The summed E-state index contributed by atoms with van der Waals surface area (Å²) in [5, 5.41) is 8.68. The van der Waals surface area contributed by atoms with Crippen LogP contribution in [0, 0.1) is 6.92 Å². The Morgan fingerprint density at radius 1 is 1.40 bits per heavy atom. The summed E-state index contributed by atoms with van der Waals surface area (Å²) in [4.78, 5) is 14.0. The van der Waals surface area contributed by atoms with Crippen LogP contribution < -0.4 is 0 Å². The number of amides is 1. The van der Waals surface area contributed by atoms with Crippen LogP contribution in [0.3, 0.4) is 0 Å². The first-order valence-electron chi connectivity index (χ1n) is 7.92. The third kappa shape index (κ3) is 4.04. The van der Waals surface area contributed by atoms with Crippen LogP contribution in [0.25, 0.3) is 5.69 Å². The van der Waals surface area contributed by atoms with E-state index in [0.717, 1.165) is 11.3 Å². The maximum atomic E-state index is 12.4. The molecular weight excluding hydrogens is 360 g/mol. The van der Waals surface area contributed by atoms with Crippen molar-refractivity contribution in [3.8, 4) is 5.69 Å². The van der Waals surface area contributed by atoms with Crippen molar-refractivity contribution < 1.29 is 13.2 Å². The molecule has 0 aliphatic carbocycles. The number of aryl methyl sites for hydroxylation is 1. The van der Waals surface area contributed by atoms with E-state index in [0.29, 0.717) is 11.6 Å². The molecule has 134 valence electrons. The van der Waals surface area contributed by atoms with Crippen molar-refractivity contribution in [2.45, 2.75) is 24.5 Å². The van der Waals surface area contributed by atoms with E-state index in [-0.39, 0.29) is 29.2 Å². The summed E-state index contributed by atoms with van der Waals surface area (Å²) in [5.74, 6) is 0.299. The number of nitrogens with zero attached hydrogens (tertiary/aromatic N) is 4. The maximum Gasteiger partial charge on any atom is 0.233 e. The number of carbonyl (C=O) groups excluding carboxylic acids is 1.